The fraction of sp³-hybridized carbons (Fsp3) is 0.311. The fourth-order valence-corrected chi connectivity index (χ4v) is 6.59. The van der Waals surface area contributed by atoms with Crippen molar-refractivity contribution < 1.29 is 71.7 Å². The number of aliphatic hydroxyl groups is 1. The molecule has 2 aliphatic heterocycles. The summed E-state index contributed by atoms with van der Waals surface area (Å²) in [6, 6.07) is 32.1. The molecule has 15 nitrogen and oxygen atoms in total. The molecule has 0 aliphatic carbocycles. The Morgan fingerprint density at radius 1 is 0.583 bits per heavy atom. The minimum Gasteiger partial charge on any atom is -0.459 e. The largest absolute Gasteiger partial charge is 0.459 e. The number of rotatable bonds is 15. The molecule has 2 saturated heterocycles. The lowest BCUT2D eigenvalue weighted by Crippen LogP contribution is -2.66. The Morgan fingerprint density at radius 3 is 1.50 bits per heavy atom. The van der Waals surface area contributed by atoms with Gasteiger partial charge in [0.05, 0.1) is 35.0 Å². The third kappa shape index (κ3) is 10.9. The minimum absolute atomic E-state index is 0.116. The maximum atomic E-state index is 13.9. The Kier molecular flexibility index (Phi) is 14.9. The second kappa shape index (κ2) is 20.6. The van der Waals surface area contributed by atoms with Gasteiger partial charge in [0.15, 0.2) is 37.0 Å². The standard InChI is InChI=1S/C45H44O15/c1-4-25-52-44-39(59-43(51)32-23-15-8-16-24-32)38(58-42(50)31-21-13-7-14-22-31)36(33(56-44)26-53-40(48)29-17-9-5-10-18-29)60-45-37(55-28(3)46)34(47)35(27(2)54-45)57-41(49)30-19-11-6-12-20-30/h4-24,27,33-39,44-45,47H,1,25-26H2,2-3H3/t27-,33+,34+,35-,36+,37+,38-,39-,44-,45-/m0/s1. The molecule has 0 spiro atoms. The van der Waals surface area contributed by atoms with Crippen LogP contribution in [0.1, 0.15) is 55.3 Å². The maximum Gasteiger partial charge on any atom is 0.338 e. The van der Waals surface area contributed by atoms with Gasteiger partial charge in [-0.05, 0) is 55.5 Å². The number of aliphatic hydroxyl groups excluding tert-OH is 1. The lowest BCUT2D eigenvalue weighted by atomic mass is 9.96. The molecule has 0 radical (unpaired) electrons. The van der Waals surface area contributed by atoms with Crippen molar-refractivity contribution in [2.45, 2.75) is 75.3 Å². The Hall–Kier alpha value is -6.23. The minimum atomic E-state index is -1.73. The molecule has 0 saturated carbocycles. The van der Waals surface area contributed by atoms with Crippen LogP contribution in [0, 0.1) is 0 Å². The van der Waals surface area contributed by atoms with Crippen LogP contribution in [0.15, 0.2) is 134 Å². The predicted octanol–water partition coefficient (Wildman–Crippen LogP) is 4.87. The number of ether oxygens (including phenoxy) is 9. The van der Waals surface area contributed by atoms with Crippen LogP contribution in [-0.2, 0) is 47.4 Å². The van der Waals surface area contributed by atoms with Gasteiger partial charge in [-0.25, -0.2) is 19.2 Å². The third-order valence-corrected chi connectivity index (χ3v) is 9.46. The van der Waals surface area contributed by atoms with E-state index in [2.05, 4.69) is 6.58 Å². The first kappa shape index (κ1) is 43.4. The molecule has 2 heterocycles. The van der Waals surface area contributed by atoms with Crippen LogP contribution in [0.2, 0.25) is 0 Å². The van der Waals surface area contributed by atoms with E-state index >= 15 is 0 Å². The van der Waals surface area contributed by atoms with E-state index in [1.165, 1.54) is 49.4 Å². The van der Waals surface area contributed by atoms with Crippen LogP contribution in [0.4, 0.5) is 0 Å². The number of carbonyl (C=O) groups excluding carboxylic acids is 5. The average molecular weight is 825 g/mol. The highest BCUT2D eigenvalue weighted by Crippen LogP contribution is 2.35. The third-order valence-electron chi connectivity index (χ3n) is 9.46. The van der Waals surface area contributed by atoms with Gasteiger partial charge in [-0.3, -0.25) is 4.79 Å². The van der Waals surface area contributed by atoms with Crippen LogP contribution in [-0.4, -0.2) is 110 Å². The van der Waals surface area contributed by atoms with E-state index < -0.39 is 97.9 Å². The van der Waals surface area contributed by atoms with E-state index in [9.17, 15) is 29.1 Å². The van der Waals surface area contributed by atoms with Gasteiger partial charge < -0.3 is 47.7 Å². The second-order valence-electron chi connectivity index (χ2n) is 13.7. The highest BCUT2D eigenvalue weighted by atomic mass is 16.8. The van der Waals surface area contributed by atoms with E-state index in [-0.39, 0.29) is 28.9 Å². The highest BCUT2D eigenvalue weighted by Gasteiger charge is 2.56. The van der Waals surface area contributed by atoms with E-state index in [1.807, 2.05) is 0 Å². The van der Waals surface area contributed by atoms with Crippen LogP contribution in [0.3, 0.4) is 0 Å². The van der Waals surface area contributed by atoms with E-state index in [1.54, 1.807) is 84.9 Å². The highest BCUT2D eigenvalue weighted by molar-refractivity contribution is 5.91. The summed E-state index contributed by atoms with van der Waals surface area (Å²) in [6.07, 6.45) is -13.8. The molecular formula is C45H44O15. The molecule has 60 heavy (non-hydrogen) atoms. The second-order valence-corrected chi connectivity index (χ2v) is 13.7. The van der Waals surface area contributed by atoms with Crippen molar-refractivity contribution in [3.63, 3.8) is 0 Å². The number of benzene rings is 4. The summed E-state index contributed by atoms with van der Waals surface area (Å²) in [7, 11) is 0. The summed E-state index contributed by atoms with van der Waals surface area (Å²) in [5.41, 5.74) is 0.665. The van der Waals surface area contributed by atoms with Gasteiger partial charge in [0.1, 0.15) is 24.9 Å². The molecule has 2 fully saturated rings. The molecule has 0 aromatic heterocycles. The normalized spacial score (nSPS) is 26.1. The van der Waals surface area contributed by atoms with Crippen LogP contribution in [0.25, 0.3) is 0 Å². The summed E-state index contributed by atoms with van der Waals surface area (Å²) in [6.45, 7) is 5.61. The number of carbonyl (C=O) groups is 5. The van der Waals surface area contributed by atoms with Crippen LogP contribution in [0.5, 0.6) is 0 Å². The number of esters is 5. The summed E-state index contributed by atoms with van der Waals surface area (Å²) >= 11 is 0. The lowest BCUT2D eigenvalue weighted by molar-refractivity contribution is -0.354. The van der Waals surface area contributed by atoms with Crippen molar-refractivity contribution in [3.8, 4) is 0 Å². The first-order chi connectivity index (χ1) is 29.0. The molecule has 4 aromatic carbocycles. The van der Waals surface area contributed by atoms with Gasteiger partial charge in [0.25, 0.3) is 0 Å². The van der Waals surface area contributed by atoms with Crippen LogP contribution < -0.4 is 0 Å². The quantitative estimate of drug-likeness (QED) is 0.0971. The van der Waals surface area contributed by atoms with E-state index in [4.69, 9.17) is 42.6 Å². The molecule has 10 atom stereocenters. The van der Waals surface area contributed by atoms with Gasteiger partial charge >= 0.3 is 29.8 Å². The maximum absolute atomic E-state index is 13.9. The number of hydrogen-bond donors (Lipinski definition) is 1. The van der Waals surface area contributed by atoms with Gasteiger partial charge in [0.2, 0.25) is 0 Å². The van der Waals surface area contributed by atoms with Gasteiger partial charge in [0, 0.05) is 6.92 Å². The topological polar surface area (TPSA) is 189 Å². The number of hydrogen-bond acceptors (Lipinski definition) is 15. The smallest absolute Gasteiger partial charge is 0.338 e. The summed E-state index contributed by atoms with van der Waals surface area (Å²) in [5, 5.41) is 11.7. The summed E-state index contributed by atoms with van der Waals surface area (Å²) in [5.74, 6) is -4.09. The van der Waals surface area contributed by atoms with Crippen molar-refractivity contribution in [2.24, 2.45) is 0 Å². The average Bonchev–Trinajstić information content (AvgIpc) is 3.27. The van der Waals surface area contributed by atoms with Crippen molar-refractivity contribution in [3.05, 3.63) is 156 Å². The Morgan fingerprint density at radius 2 is 1.03 bits per heavy atom. The molecule has 0 unspecified atom stereocenters. The molecule has 4 aromatic rings. The van der Waals surface area contributed by atoms with Gasteiger partial charge in [-0.15, -0.1) is 6.58 Å². The molecule has 1 N–H and O–H groups in total. The molecule has 314 valence electrons. The van der Waals surface area contributed by atoms with Crippen molar-refractivity contribution >= 4 is 29.8 Å². The van der Waals surface area contributed by atoms with E-state index in [0.29, 0.717) is 0 Å². The molecular weight excluding hydrogens is 780 g/mol. The molecule has 2 aliphatic rings. The first-order valence-corrected chi connectivity index (χ1v) is 19.1. The molecule has 6 rings (SSSR count). The first-order valence-electron chi connectivity index (χ1n) is 19.1. The Labute approximate surface area is 345 Å². The molecule has 0 amide bonds. The van der Waals surface area contributed by atoms with Crippen molar-refractivity contribution in [1.82, 2.24) is 0 Å². The summed E-state index contributed by atoms with van der Waals surface area (Å²) < 4.78 is 54.1. The van der Waals surface area contributed by atoms with Crippen molar-refractivity contribution in [2.75, 3.05) is 13.2 Å². The van der Waals surface area contributed by atoms with E-state index in [0.717, 1.165) is 6.92 Å². The van der Waals surface area contributed by atoms with Gasteiger partial charge in [-0.2, -0.15) is 0 Å². The zero-order valence-corrected chi connectivity index (χ0v) is 32.7. The molecule has 0 bridgehead atoms. The fourth-order valence-electron chi connectivity index (χ4n) is 6.59. The molecule has 15 heteroatoms. The summed E-state index contributed by atoms with van der Waals surface area (Å²) in [4.78, 5) is 66.5. The van der Waals surface area contributed by atoms with Gasteiger partial charge in [-0.1, -0.05) is 78.9 Å². The zero-order chi connectivity index (χ0) is 42.6. The Balaban J connectivity index is 1.39. The zero-order valence-electron chi connectivity index (χ0n) is 32.7. The predicted molar refractivity (Wildman–Crippen MR) is 209 cm³/mol. The monoisotopic (exact) mass is 824 g/mol. The van der Waals surface area contributed by atoms with Crippen molar-refractivity contribution in [1.29, 1.82) is 0 Å². The van der Waals surface area contributed by atoms with Crippen LogP contribution >= 0.6 is 0 Å². The SMILES string of the molecule is C=CCO[C@H]1O[C@H](COC(=O)c2ccccc2)[C@@H](O[C@@H]2O[C@@H](C)[C@H](OC(=O)c3ccccc3)[C@@H](O)[C@H]2OC(C)=O)[C@H](OC(=O)c2ccccc2)[C@@H]1OC(=O)c1ccccc1. The Bertz CT molecular complexity index is 2060. The lowest BCUT2D eigenvalue weighted by Gasteiger charge is -2.48.